The van der Waals surface area contributed by atoms with Crippen molar-refractivity contribution in [2.24, 2.45) is 5.41 Å². The van der Waals surface area contributed by atoms with Crippen molar-refractivity contribution in [3.63, 3.8) is 0 Å². The highest BCUT2D eigenvalue weighted by Gasteiger charge is 2.60. The molecule has 5 heteroatoms. The van der Waals surface area contributed by atoms with Crippen LogP contribution in [0.4, 0.5) is 13.2 Å². The summed E-state index contributed by atoms with van der Waals surface area (Å²) in [4.78, 5) is 0. The first-order valence-electron chi connectivity index (χ1n) is 5.07. The first-order valence-corrected chi connectivity index (χ1v) is 5.07. The van der Waals surface area contributed by atoms with E-state index in [0.29, 0.717) is 12.8 Å². The van der Waals surface area contributed by atoms with Crippen LogP contribution in [0.1, 0.15) is 32.6 Å². The average Bonchev–Trinajstić information content (AvgIpc) is 2.46. The molecule has 0 radical (unpaired) electrons. The molecule has 1 aliphatic rings. The van der Waals surface area contributed by atoms with Gasteiger partial charge < -0.3 is 9.84 Å². The van der Waals surface area contributed by atoms with Crippen LogP contribution in [0.2, 0.25) is 0 Å². The molecule has 0 heterocycles. The molecule has 15 heavy (non-hydrogen) atoms. The van der Waals surface area contributed by atoms with Crippen LogP contribution in [-0.2, 0) is 4.74 Å². The lowest BCUT2D eigenvalue weighted by Crippen LogP contribution is -2.44. The van der Waals surface area contributed by atoms with E-state index in [4.69, 9.17) is 4.74 Å². The van der Waals surface area contributed by atoms with Crippen LogP contribution in [0.5, 0.6) is 0 Å². The van der Waals surface area contributed by atoms with E-state index >= 15 is 0 Å². The maximum atomic E-state index is 12.6. The second-order valence-corrected chi connectivity index (χ2v) is 4.49. The summed E-state index contributed by atoms with van der Waals surface area (Å²) in [5.41, 5.74) is -3.03. The summed E-state index contributed by atoms with van der Waals surface area (Å²) in [7, 11) is 1.47. The predicted octanol–water partition coefficient (Wildman–Crippen LogP) is 2.51. The molecule has 2 atom stereocenters. The number of alkyl halides is 3. The summed E-state index contributed by atoms with van der Waals surface area (Å²) in [5, 5.41) is 9.54. The van der Waals surface area contributed by atoms with Gasteiger partial charge in [0.2, 0.25) is 0 Å². The van der Waals surface area contributed by atoms with Gasteiger partial charge in [-0.3, -0.25) is 0 Å². The van der Waals surface area contributed by atoms with Gasteiger partial charge in [-0.05, 0) is 31.1 Å². The molecule has 0 aromatic heterocycles. The van der Waals surface area contributed by atoms with Gasteiger partial charge in [0, 0.05) is 7.11 Å². The summed E-state index contributed by atoms with van der Waals surface area (Å²) in [5.74, 6) is 0. The first-order chi connectivity index (χ1) is 6.79. The molecule has 1 fully saturated rings. The highest BCUT2D eigenvalue weighted by atomic mass is 19.4. The van der Waals surface area contributed by atoms with Crippen LogP contribution in [0.15, 0.2) is 0 Å². The summed E-state index contributed by atoms with van der Waals surface area (Å²) < 4.78 is 42.7. The quantitative estimate of drug-likeness (QED) is 0.801. The van der Waals surface area contributed by atoms with Crippen LogP contribution in [0, 0.1) is 5.41 Å². The Morgan fingerprint density at radius 3 is 2.27 bits per heavy atom. The molecule has 0 spiro atoms. The fourth-order valence-corrected chi connectivity index (χ4v) is 2.34. The standard InChI is InChI=1S/C10H17F3O2/c1-3-8(7-15-2)4-5-9(14,6-8)10(11,12)13/h14H,3-7H2,1-2H3. The third-order valence-electron chi connectivity index (χ3n) is 3.46. The number of hydrogen-bond acceptors (Lipinski definition) is 2. The number of hydrogen-bond donors (Lipinski definition) is 1. The van der Waals surface area contributed by atoms with Crippen molar-refractivity contribution < 1.29 is 23.0 Å². The monoisotopic (exact) mass is 226 g/mol. The van der Waals surface area contributed by atoms with E-state index in [-0.39, 0.29) is 19.4 Å². The molecule has 1 rings (SSSR count). The van der Waals surface area contributed by atoms with Crippen molar-refractivity contribution in [3.05, 3.63) is 0 Å². The Labute approximate surface area is 87.4 Å². The summed E-state index contributed by atoms with van der Waals surface area (Å²) >= 11 is 0. The average molecular weight is 226 g/mol. The minimum atomic E-state index is -4.53. The van der Waals surface area contributed by atoms with Gasteiger partial charge in [0.05, 0.1) is 6.61 Å². The Balaban J connectivity index is 2.80. The number of halogens is 3. The molecular formula is C10H17F3O2. The number of methoxy groups -OCH3 is 1. The molecule has 0 amide bonds. The molecule has 2 nitrogen and oxygen atoms in total. The van der Waals surface area contributed by atoms with Crippen molar-refractivity contribution in [2.45, 2.75) is 44.4 Å². The van der Waals surface area contributed by atoms with Gasteiger partial charge in [-0.25, -0.2) is 0 Å². The molecule has 1 aliphatic carbocycles. The fourth-order valence-electron chi connectivity index (χ4n) is 2.34. The van der Waals surface area contributed by atoms with Gasteiger partial charge >= 0.3 is 6.18 Å². The van der Waals surface area contributed by atoms with Crippen molar-refractivity contribution in [1.82, 2.24) is 0 Å². The van der Waals surface area contributed by atoms with E-state index in [2.05, 4.69) is 0 Å². The summed E-state index contributed by atoms with van der Waals surface area (Å²) in [6.45, 7) is 2.11. The van der Waals surface area contributed by atoms with Gasteiger partial charge in [-0.1, -0.05) is 6.92 Å². The van der Waals surface area contributed by atoms with Crippen LogP contribution in [0.25, 0.3) is 0 Å². The predicted molar refractivity (Wildman–Crippen MR) is 49.5 cm³/mol. The maximum absolute atomic E-state index is 12.6. The van der Waals surface area contributed by atoms with Gasteiger partial charge in [0.15, 0.2) is 5.60 Å². The zero-order valence-corrected chi connectivity index (χ0v) is 9.02. The van der Waals surface area contributed by atoms with Crippen LogP contribution >= 0.6 is 0 Å². The highest BCUT2D eigenvalue weighted by Crippen LogP contribution is 2.52. The topological polar surface area (TPSA) is 29.5 Å². The lowest BCUT2D eigenvalue weighted by atomic mass is 9.82. The van der Waals surface area contributed by atoms with Crippen molar-refractivity contribution in [2.75, 3.05) is 13.7 Å². The molecule has 0 aromatic carbocycles. The zero-order valence-electron chi connectivity index (χ0n) is 9.02. The Morgan fingerprint density at radius 2 is 1.93 bits per heavy atom. The lowest BCUT2D eigenvalue weighted by Gasteiger charge is -2.31. The maximum Gasteiger partial charge on any atom is 0.417 e. The van der Waals surface area contributed by atoms with E-state index in [1.807, 2.05) is 6.92 Å². The van der Waals surface area contributed by atoms with E-state index in [0.717, 1.165) is 0 Å². The molecule has 0 bridgehead atoms. The second-order valence-electron chi connectivity index (χ2n) is 4.49. The third kappa shape index (κ3) is 2.28. The molecule has 0 aliphatic heterocycles. The van der Waals surface area contributed by atoms with Crippen LogP contribution in [-0.4, -0.2) is 30.6 Å². The summed E-state index contributed by atoms with van der Waals surface area (Å²) in [6, 6.07) is 0. The molecule has 1 saturated carbocycles. The largest absolute Gasteiger partial charge is 0.417 e. The first kappa shape index (κ1) is 12.8. The number of rotatable bonds is 3. The van der Waals surface area contributed by atoms with Crippen molar-refractivity contribution in [1.29, 1.82) is 0 Å². The second kappa shape index (κ2) is 3.94. The van der Waals surface area contributed by atoms with E-state index in [1.54, 1.807) is 0 Å². The van der Waals surface area contributed by atoms with Crippen molar-refractivity contribution in [3.8, 4) is 0 Å². The van der Waals surface area contributed by atoms with E-state index in [1.165, 1.54) is 7.11 Å². The smallest absolute Gasteiger partial charge is 0.384 e. The third-order valence-corrected chi connectivity index (χ3v) is 3.46. The molecule has 0 saturated heterocycles. The fraction of sp³-hybridized carbons (Fsp3) is 1.00. The van der Waals surface area contributed by atoms with Gasteiger partial charge in [-0.2, -0.15) is 13.2 Å². The van der Waals surface area contributed by atoms with Crippen LogP contribution < -0.4 is 0 Å². The summed E-state index contributed by atoms with van der Waals surface area (Å²) in [6.07, 6.45) is -4.02. The number of aliphatic hydroxyl groups is 1. The van der Waals surface area contributed by atoms with Gasteiger partial charge in [-0.15, -0.1) is 0 Å². The molecule has 1 N–H and O–H groups in total. The Morgan fingerprint density at radius 1 is 1.33 bits per heavy atom. The van der Waals surface area contributed by atoms with E-state index < -0.39 is 17.2 Å². The normalized spacial score (nSPS) is 37.2. The molecule has 0 aromatic rings. The SMILES string of the molecule is CCC1(COC)CCC(O)(C(F)(F)F)C1. The molecule has 2 unspecified atom stereocenters. The van der Waals surface area contributed by atoms with E-state index in [9.17, 15) is 18.3 Å². The minimum absolute atomic E-state index is 0.215. The highest BCUT2D eigenvalue weighted by molar-refractivity contribution is 5.01. The van der Waals surface area contributed by atoms with Gasteiger partial charge in [0.1, 0.15) is 0 Å². The zero-order chi connectivity index (χ0) is 11.7. The lowest BCUT2D eigenvalue weighted by molar-refractivity contribution is -0.260. The Hall–Kier alpha value is -0.290. The molecule has 90 valence electrons. The van der Waals surface area contributed by atoms with Crippen LogP contribution in [0.3, 0.4) is 0 Å². The minimum Gasteiger partial charge on any atom is -0.384 e. The van der Waals surface area contributed by atoms with Gasteiger partial charge in [0.25, 0.3) is 0 Å². The number of ether oxygens (including phenoxy) is 1. The Bertz CT molecular complexity index is 229. The Kier molecular flexibility index (Phi) is 3.36. The van der Waals surface area contributed by atoms with Crippen molar-refractivity contribution >= 4 is 0 Å². The molecular weight excluding hydrogens is 209 g/mol.